The Hall–Kier alpha value is -2.66. The number of likely N-dealkylation sites (tertiary alicyclic amines) is 1. The lowest BCUT2D eigenvalue weighted by atomic mass is 9.89. The number of hydrogen-bond acceptors (Lipinski definition) is 4. The second kappa shape index (κ2) is 8.78. The summed E-state index contributed by atoms with van der Waals surface area (Å²) in [5, 5.41) is 0. The summed E-state index contributed by atoms with van der Waals surface area (Å²) in [6.07, 6.45) is 3.48. The van der Waals surface area contributed by atoms with Crippen LogP contribution < -0.4 is 9.64 Å². The van der Waals surface area contributed by atoms with Gasteiger partial charge in [0.2, 0.25) is 5.91 Å². The Kier molecular flexibility index (Phi) is 5.95. The Bertz CT molecular complexity index is 859. The molecule has 2 amide bonds. The maximum atomic E-state index is 13.1. The minimum atomic E-state index is -0.337. The van der Waals surface area contributed by atoms with Crippen LogP contribution in [0.3, 0.4) is 0 Å². The van der Waals surface area contributed by atoms with Crippen molar-refractivity contribution >= 4 is 17.5 Å². The van der Waals surface area contributed by atoms with Crippen molar-refractivity contribution < 1.29 is 14.3 Å². The second-order valence-corrected chi connectivity index (χ2v) is 7.89. The number of benzene rings is 2. The number of ether oxygens (including phenoxy) is 1. The van der Waals surface area contributed by atoms with Gasteiger partial charge < -0.3 is 4.74 Å². The molecule has 0 spiro atoms. The number of nitrogens with zero attached hydrogens (tertiary/aromatic N) is 2. The Morgan fingerprint density at radius 2 is 1.76 bits per heavy atom. The molecule has 0 bridgehead atoms. The van der Waals surface area contributed by atoms with Gasteiger partial charge in [0.25, 0.3) is 5.91 Å². The van der Waals surface area contributed by atoms with Crippen LogP contribution in [0.15, 0.2) is 54.6 Å². The lowest BCUT2D eigenvalue weighted by Gasteiger charge is -2.34. The van der Waals surface area contributed by atoms with E-state index in [1.54, 1.807) is 12.1 Å². The van der Waals surface area contributed by atoms with Gasteiger partial charge in [0, 0.05) is 6.07 Å². The zero-order valence-corrected chi connectivity index (χ0v) is 16.9. The van der Waals surface area contributed by atoms with E-state index in [1.807, 2.05) is 25.1 Å². The minimum Gasteiger partial charge on any atom is -0.494 e. The van der Waals surface area contributed by atoms with Crippen molar-refractivity contribution in [1.82, 2.24) is 4.90 Å². The van der Waals surface area contributed by atoms with E-state index in [1.165, 1.54) is 10.5 Å². The highest BCUT2D eigenvalue weighted by Crippen LogP contribution is 2.31. The Morgan fingerprint density at radius 1 is 1.00 bits per heavy atom. The van der Waals surface area contributed by atoms with Gasteiger partial charge in [-0.25, -0.2) is 4.90 Å². The summed E-state index contributed by atoms with van der Waals surface area (Å²) >= 11 is 0. The van der Waals surface area contributed by atoms with E-state index in [9.17, 15) is 9.59 Å². The van der Waals surface area contributed by atoms with Gasteiger partial charge in [0.05, 0.1) is 24.8 Å². The number of anilines is 1. The fourth-order valence-corrected chi connectivity index (χ4v) is 4.47. The number of hydrogen-bond donors (Lipinski definition) is 0. The molecule has 2 saturated heterocycles. The minimum absolute atomic E-state index is 0.106. The molecule has 1 atom stereocenters. The molecule has 0 N–H and O–H groups in total. The highest BCUT2D eigenvalue weighted by molar-refractivity contribution is 6.22. The second-order valence-electron chi connectivity index (χ2n) is 7.89. The average Bonchev–Trinajstić information content (AvgIpc) is 3.04. The molecule has 29 heavy (non-hydrogen) atoms. The van der Waals surface area contributed by atoms with Crippen molar-refractivity contribution in [2.45, 2.75) is 38.6 Å². The fourth-order valence-electron chi connectivity index (χ4n) is 4.47. The third kappa shape index (κ3) is 4.35. The van der Waals surface area contributed by atoms with Gasteiger partial charge >= 0.3 is 0 Å². The quantitative estimate of drug-likeness (QED) is 0.704. The summed E-state index contributed by atoms with van der Waals surface area (Å²) in [5.41, 5.74) is 1.98. The first-order chi connectivity index (χ1) is 14.2. The van der Waals surface area contributed by atoms with Crippen molar-refractivity contribution in [3.63, 3.8) is 0 Å². The topological polar surface area (TPSA) is 49.9 Å². The third-order valence-electron chi connectivity index (χ3n) is 5.97. The monoisotopic (exact) mass is 392 g/mol. The molecule has 0 aromatic heterocycles. The smallest absolute Gasteiger partial charge is 0.251 e. The molecule has 5 heteroatoms. The van der Waals surface area contributed by atoms with Crippen molar-refractivity contribution in [1.29, 1.82) is 0 Å². The van der Waals surface area contributed by atoms with Gasteiger partial charge in [-0.1, -0.05) is 36.4 Å². The molecule has 2 aliphatic heterocycles. The van der Waals surface area contributed by atoms with E-state index in [-0.39, 0.29) is 24.3 Å². The molecular weight excluding hydrogens is 364 g/mol. The number of carbonyl (C=O) groups excluding carboxylic acids is 2. The van der Waals surface area contributed by atoms with Crippen LogP contribution in [0.5, 0.6) is 5.75 Å². The van der Waals surface area contributed by atoms with E-state index in [0.29, 0.717) is 24.0 Å². The maximum absolute atomic E-state index is 13.1. The molecular formula is C24H28N2O3. The summed E-state index contributed by atoms with van der Waals surface area (Å²) in [7, 11) is 0. The van der Waals surface area contributed by atoms with Crippen LogP contribution in [0.25, 0.3) is 0 Å². The first kappa shape index (κ1) is 19.6. The Morgan fingerprint density at radius 3 is 2.48 bits per heavy atom. The molecule has 4 rings (SSSR count). The van der Waals surface area contributed by atoms with Crippen molar-refractivity contribution in [2.24, 2.45) is 5.92 Å². The lowest BCUT2D eigenvalue weighted by molar-refractivity contribution is -0.123. The van der Waals surface area contributed by atoms with E-state index < -0.39 is 0 Å². The van der Waals surface area contributed by atoms with Gasteiger partial charge in [0.1, 0.15) is 5.75 Å². The van der Waals surface area contributed by atoms with Crippen LogP contribution in [0.1, 0.15) is 31.7 Å². The predicted octanol–water partition coefficient (Wildman–Crippen LogP) is 3.67. The highest BCUT2D eigenvalue weighted by atomic mass is 16.5. The third-order valence-corrected chi connectivity index (χ3v) is 5.97. The summed E-state index contributed by atoms with van der Waals surface area (Å²) in [5.74, 6) is 1.08. The first-order valence-corrected chi connectivity index (χ1v) is 10.5. The van der Waals surface area contributed by atoms with Gasteiger partial charge in [-0.05, 0) is 62.9 Å². The normalized spacial score (nSPS) is 21.0. The number of piperidine rings is 1. The average molecular weight is 392 g/mol. The molecule has 5 nitrogen and oxygen atoms in total. The zero-order valence-electron chi connectivity index (χ0n) is 16.9. The number of carbonyl (C=O) groups is 2. The molecule has 0 aliphatic carbocycles. The summed E-state index contributed by atoms with van der Waals surface area (Å²) in [4.78, 5) is 29.3. The van der Waals surface area contributed by atoms with Gasteiger partial charge in [0.15, 0.2) is 0 Å². The van der Waals surface area contributed by atoms with Crippen LogP contribution >= 0.6 is 0 Å². The summed E-state index contributed by atoms with van der Waals surface area (Å²) in [6.45, 7) is 4.20. The van der Waals surface area contributed by atoms with E-state index >= 15 is 0 Å². The van der Waals surface area contributed by atoms with Crippen LogP contribution in [-0.4, -0.2) is 42.5 Å². The Balaban J connectivity index is 1.39. The first-order valence-electron chi connectivity index (χ1n) is 10.5. The molecule has 2 heterocycles. The van der Waals surface area contributed by atoms with Crippen molar-refractivity contribution in [3.8, 4) is 5.75 Å². The number of amides is 2. The summed E-state index contributed by atoms with van der Waals surface area (Å²) < 4.78 is 5.52. The standard InChI is InChI=1S/C24H28N2O3/c1-2-29-21-10-6-9-20(16-21)26-23(27)17-22(24(26)28)25-13-11-19(12-14-25)15-18-7-4-3-5-8-18/h3-10,16,19,22H,2,11-15,17H2,1H3/t22-/m1/s1. The SMILES string of the molecule is CCOc1cccc(N2C(=O)C[C@@H](N3CCC(Cc4ccccc4)CC3)C2=O)c1. The van der Waals surface area contributed by atoms with E-state index in [2.05, 4.69) is 29.2 Å². The number of imide groups is 1. The molecule has 2 aliphatic rings. The molecule has 0 unspecified atom stereocenters. The van der Waals surface area contributed by atoms with E-state index in [4.69, 9.17) is 4.74 Å². The zero-order chi connectivity index (χ0) is 20.2. The van der Waals surface area contributed by atoms with Crippen LogP contribution in [0.2, 0.25) is 0 Å². The largest absolute Gasteiger partial charge is 0.494 e. The van der Waals surface area contributed by atoms with E-state index in [0.717, 1.165) is 32.4 Å². The summed E-state index contributed by atoms with van der Waals surface area (Å²) in [6, 6.07) is 17.5. The van der Waals surface area contributed by atoms with Gasteiger partial charge in [-0.2, -0.15) is 0 Å². The van der Waals surface area contributed by atoms with Crippen LogP contribution in [0.4, 0.5) is 5.69 Å². The number of rotatable bonds is 6. The highest BCUT2D eigenvalue weighted by Gasteiger charge is 2.43. The lowest BCUT2D eigenvalue weighted by Crippen LogP contribution is -2.46. The predicted molar refractivity (Wildman–Crippen MR) is 113 cm³/mol. The fraction of sp³-hybridized carbons (Fsp3) is 0.417. The van der Waals surface area contributed by atoms with Crippen LogP contribution in [-0.2, 0) is 16.0 Å². The van der Waals surface area contributed by atoms with Gasteiger partial charge in [-0.15, -0.1) is 0 Å². The van der Waals surface area contributed by atoms with Crippen molar-refractivity contribution in [3.05, 3.63) is 60.2 Å². The molecule has 2 aromatic carbocycles. The molecule has 2 fully saturated rings. The van der Waals surface area contributed by atoms with Crippen LogP contribution in [0, 0.1) is 5.92 Å². The Labute approximate surface area is 172 Å². The molecule has 2 aromatic rings. The van der Waals surface area contributed by atoms with Gasteiger partial charge in [-0.3, -0.25) is 14.5 Å². The molecule has 0 radical (unpaired) electrons. The molecule has 0 saturated carbocycles. The van der Waals surface area contributed by atoms with Crippen molar-refractivity contribution in [2.75, 3.05) is 24.6 Å². The molecule has 152 valence electrons. The maximum Gasteiger partial charge on any atom is 0.251 e.